The van der Waals surface area contributed by atoms with Crippen molar-refractivity contribution in [3.8, 4) is 11.8 Å². The average molecular weight is 443 g/mol. The number of hydrogen-bond donors (Lipinski definition) is 5. The molecule has 1 heterocycles. The van der Waals surface area contributed by atoms with Crippen LogP contribution >= 0.6 is 0 Å². The maximum atomic E-state index is 13.4. The van der Waals surface area contributed by atoms with E-state index in [9.17, 15) is 14.3 Å². The second-order valence-corrected chi connectivity index (χ2v) is 7.20. The highest BCUT2D eigenvalue weighted by Crippen LogP contribution is 2.18. The number of anilines is 3. The summed E-state index contributed by atoms with van der Waals surface area (Å²) in [6, 6.07) is 6.09. The first-order valence-corrected chi connectivity index (χ1v) is 10.8. The lowest BCUT2D eigenvalue weighted by Gasteiger charge is -2.10. The molecule has 0 spiro atoms. The monoisotopic (exact) mass is 442 g/mol. The minimum absolute atomic E-state index is 0.105. The molecule has 9 heteroatoms. The number of carbonyl (C=O) groups is 1. The number of rotatable bonds is 12. The highest BCUT2D eigenvalue weighted by molar-refractivity contribution is 5.75. The number of nitrogens with one attached hydrogen (secondary N) is 3. The zero-order valence-corrected chi connectivity index (χ0v) is 18.3. The van der Waals surface area contributed by atoms with E-state index in [1.807, 2.05) is 0 Å². The standard InChI is InChI=1S/C23H31FN6O2/c1-2-12-27-22-17(7-4-3-5-13-26-21(32)11-10-20(31)15-25)16-28-23(30-22)29-19-9-6-8-18(24)14-19/h6,8-9,14,16,20,31H,2-3,5,10-13,15,25H2,1H3,(H,26,32)(H2,27,28,29,30)/t20-/m0/s1. The van der Waals surface area contributed by atoms with Crippen LogP contribution in [0.25, 0.3) is 0 Å². The number of halogens is 1. The molecular weight excluding hydrogens is 411 g/mol. The van der Waals surface area contributed by atoms with Crippen LogP contribution in [0.4, 0.5) is 21.8 Å². The van der Waals surface area contributed by atoms with Crippen LogP contribution in [0.2, 0.25) is 0 Å². The molecule has 1 aromatic heterocycles. The Hall–Kier alpha value is -3.22. The molecule has 2 rings (SSSR count). The Bertz CT molecular complexity index is 928. The molecule has 0 radical (unpaired) electrons. The van der Waals surface area contributed by atoms with E-state index in [0.717, 1.165) is 13.0 Å². The van der Waals surface area contributed by atoms with Gasteiger partial charge in [-0.05, 0) is 37.5 Å². The van der Waals surface area contributed by atoms with Crippen LogP contribution in [0.3, 0.4) is 0 Å². The van der Waals surface area contributed by atoms with Crippen LogP contribution in [0.15, 0.2) is 30.5 Å². The summed E-state index contributed by atoms with van der Waals surface area (Å²) < 4.78 is 13.4. The van der Waals surface area contributed by atoms with Crippen LogP contribution in [0.1, 0.15) is 44.6 Å². The van der Waals surface area contributed by atoms with Crippen LogP contribution in [0, 0.1) is 17.7 Å². The Morgan fingerprint density at radius 1 is 1.34 bits per heavy atom. The van der Waals surface area contributed by atoms with E-state index < -0.39 is 6.10 Å². The molecule has 0 saturated carbocycles. The van der Waals surface area contributed by atoms with Crippen molar-refractivity contribution in [1.82, 2.24) is 15.3 Å². The summed E-state index contributed by atoms with van der Waals surface area (Å²) >= 11 is 0. The predicted molar refractivity (Wildman–Crippen MR) is 124 cm³/mol. The molecule has 0 aliphatic heterocycles. The molecule has 0 fully saturated rings. The topological polar surface area (TPSA) is 125 Å². The minimum atomic E-state index is -0.639. The van der Waals surface area contributed by atoms with Gasteiger partial charge in [0, 0.05) is 38.2 Å². The third-order valence-electron chi connectivity index (χ3n) is 4.41. The van der Waals surface area contributed by atoms with Gasteiger partial charge in [-0.25, -0.2) is 9.37 Å². The maximum absolute atomic E-state index is 13.4. The highest BCUT2D eigenvalue weighted by Gasteiger charge is 2.07. The quantitative estimate of drug-likeness (QED) is 0.253. The fourth-order valence-corrected chi connectivity index (χ4v) is 2.67. The number of unbranched alkanes of at least 4 members (excludes halogenated alkanes) is 1. The van der Waals surface area contributed by atoms with Crippen LogP contribution in [-0.4, -0.2) is 46.7 Å². The zero-order chi connectivity index (χ0) is 23.2. The number of nitrogens with zero attached hydrogens (tertiary/aromatic N) is 2. The van der Waals surface area contributed by atoms with Crippen LogP contribution in [0.5, 0.6) is 0 Å². The number of amides is 1. The normalized spacial score (nSPS) is 11.2. The van der Waals surface area contributed by atoms with Crippen LogP contribution < -0.4 is 21.7 Å². The van der Waals surface area contributed by atoms with E-state index in [-0.39, 0.29) is 24.7 Å². The molecule has 1 atom stereocenters. The summed E-state index contributed by atoms with van der Waals surface area (Å²) in [6.45, 7) is 3.45. The molecule has 1 aromatic carbocycles. The van der Waals surface area contributed by atoms with Gasteiger partial charge in [-0.2, -0.15) is 4.98 Å². The smallest absolute Gasteiger partial charge is 0.229 e. The molecule has 172 valence electrons. The molecule has 1 amide bonds. The van der Waals surface area contributed by atoms with Crippen molar-refractivity contribution >= 4 is 23.4 Å². The number of aliphatic hydroxyl groups excluding tert-OH is 1. The van der Waals surface area contributed by atoms with Gasteiger partial charge in [-0.3, -0.25) is 4.79 Å². The lowest BCUT2D eigenvalue weighted by molar-refractivity contribution is -0.121. The zero-order valence-electron chi connectivity index (χ0n) is 18.3. The summed E-state index contributed by atoms with van der Waals surface area (Å²) in [6.07, 6.45) is 3.83. The van der Waals surface area contributed by atoms with E-state index in [0.29, 0.717) is 48.8 Å². The van der Waals surface area contributed by atoms with E-state index in [1.54, 1.807) is 18.3 Å². The third kappa shape index (κ3) is 9.29. The molecule has 0 bridgehead atoms. The first-order valence-electron chi connectivity index (χ1n) is 10.8. The molecule has 32 heavy (non-hydrogen) atoms. The van der Waals surface area contributed by atoms with Crippen molar-refractivity contribution in [3.63, 3.8) is 0 Å². The SMILES string of the molecule is CCCNc1nc(Nc2cccc(F)c2)ncc1C#CCCCNC(=O)CC[C@H](O)CN. The molecular formula is C23H31FN6O2. The van der Waals surface area contributed by atoms with Crippen molar-refractivity contribution in [2.24, 2.45) is 5.73 Å². The molecule has 0 saturated heterocycles. The molecule has 0 aliphatic carbocycles. The van der Waals surface area contributed by atoms with Crippen LogP contribution in [-0.2, 0) is 4.79 Å². The summed E-state index contributed by atoms with van der Waals surface area (Å²) in [5.74, 6) is 6.67. The lowest BCUT2D eigenvalue weighted by Crippen LogP contribution is -2.27. The van der Waals surface area contributed by atoms with E-state index >= 15 is 0 Å². The van der Waals surface area contributed by atoms with Crippen molar-refractivity contribution in [2.45, 2.75) is 45.1 Å². The van der Waals surface area contributed by atoms with Gasteiger partial charge in [0.2, 0.25) is 11.9 Å². The molecule has 0 unspecified atom stereocenters. The Balaban J connectivity index is 1.89. The molecule has 6 N–H and O–H groups in total. The Kier molecular flexibility index (Phi) is 10.9. The van der Waals surface area contributed by atoms with Crippen molar-refractivity contribution in [1.29, 1.82) is 0 Å². The Morgan fingerprint density at radius 2 is 2.19 bits per heavy atom. The van der Waals surface area contributed by atoms with Gasteiger partial charge in [0.1, 0.15) is 11.6 Å². The van der Waals surface area contributed by atoms with Gasteiger partial charge in [0.05, 0.1) is 17.9 Å². The van der Waals surface area contributed by atoms with Gasteiger partial charge in [0.25, 0.3) is 0 Å². The number of benzene rings is 1. The van der Waals surface area contributed by atoms with Gasteiger partial charge < -0.3 is 26.8 Å². The third-order valence-corrected chi connectivity index (χ3v) is 4.41. The second kappa shape index (κ2) is 14.0. The summed E-state index contributed by atoms with van der Waals surface area (Å²) in [7, 11) is 0. The first kappa shape index (κ1) is 25.0. The fraction of sp³-hybridized carbons (Fsp3) is 0.435. The van der Waals surface area contributed by atoms with E-state index in [1.165, 1.54) is 12.1 Å². The number of nitrogens with two attached hydrogens (primary N) is 1. The second-order valence-electron chi connectivity index (χ2n) is 7.20. The van der Waals surface area contributed by atoms with Crippen molar-refractivity contribution < 1.29 is 14.3 Å². The number of aliphatic hydroxyl groups is 1. The van der Waals surface area contributed by atoms with Gasteiger partial charge in [-0.1, -0.05) is 24.8 Å². The van der Waals surface area contributed by atoms with E-state index in [2.05, 4.69) is 44.7 Å². The molecule has 0 aliphatic rings. The largest absolute Gasteiger partial charge is 0.392 e. The van der Waals surface area contributed by atoms with E-state index in [4.69, 9.17) is 5.73 Å². The van der Waals surface area contributed by atoms with Gasteiger partial charge in [-0.15, -0.1) is 0 Å². The lowest BCUT2D eigenvalue weighted by atomic mass is 10.2. The number of aromatic nitrogens is 2. The molecule has 8 nitrogen and oxygen atoms in total. The van der Waals surface area contributed by atoms with Crippen molar-refractivity contribution in [2.75, 3.05) is 30.3 Å². The minimum Gasteiger partial charge on any atom is -0.392 e. The average Bonchev–Trinajstić information content (AvgIpc) is 2.79. The van der Waals surface area contributed by atoms with Gasteiger partial charge in [0.15, 0.2) is 0 Å². The molecule has 2 aromatic rings. The first-order chi connectivity index (χ1) is 15.5. The summed E-state index contributed by atoms with van der Waals surface area (Å²) in [5, 5.41) is 18.4. The summed E-state index contributed by atoms with van der Waals surface area (Å²) in [4.78, 5) is 20.4. The van der Waals surface area contributed by atoms with Crippen molar-refractivity contribution in [3.05, 3.63) is 41.8 Å². The maximum Gasteiger partial charge on any atom is 0.229 e. The fourth-order valence-electron chi connectivity index (χ4n) is 2.67. The Labute approximate surface area is 188 Å². The Morgan fingerprint density at radius 3 is 2.94 bits per heavy atom. The predicted octanol–water partition coefficient (Wildman–Crippen LogP) is 2.53. The summed E-state index contributed by atoms with van der Waals surface area (Å²) in [5.41, 5.74) is 6.55. The number of carbonyl (C=O) groups excluding carboxylic acids is 1. The number of hydrogen-bond acceptors (Lipinski definition) is 7. The van der Waals surface area contributed by atoms with Gasteiger partial charge >= 0.3 is 0 Å². The highest BCUT2D eigenvalue weighted by atomic mass is 19.1.